The number of benzene rings is 2. The lowest BCUT2D eigenvalue weighted by molar-refractivity contribution is -0.204. The Morgan fingerprint density at radius 1 is 0.795 bits per heavy atom. The number of esters is 2. The van der Waals surface area contributed by atoms with Crippen LogP contribution in [0.1, 0.15) is 24.0 Å². The van der Waals surface area contributed by atoms with E-state index in [4.69, 9.17) is 9.47 Å². The van der Waals surface area contributed by atoms with E-state index in [1.54, 1.807) is 0 Å². The summed E-state index contributed by atoms with van der Waals surface area (Å²) in [6.45, 7) is 0. The number of carboxylic acids is 1. The Kier molecular flexibility index (Phi) is 9.17. The second-order valence-corrected chi connectivity index (χ2v) is 9.05. The third-order valence-corrected chi connectivity index (χ3v) is 6.04. The summed E-state index contributed by atoms with van der Waals surface area (Å²) in [5.41, 5.74) is -1.31. The van der Waals surface area contributed by atoms with Crippen molar-refractivity contribution < 1.29 is 59.6 Å². The highest BCUT2D eigenvalue weighted by atomic mass is 16.6. The van der Waals surface area contributed by atoms with Gasteiger partial charge in [0.05, 0.1) is 6.10 Å². The number of phenols is 4. The van der Waals surface area contributed by atoms with Crippen LogP contribution in [0.15, 0.2) is 60.7 Å². The summed E-state index contributed by atoms with van der Waals surface area (Å²) < 4.78 is 10.5. The van der Waals surface area contributed by atoms with Gasteiger partial charge in [-0.05, 0) is 48.2 Å². The van der Waals surface area contributed by atoms with Crippen molar-refractivity contribution in [3.8, 4) is 23.0 Å². The summed E-state index contributed by atoms with van der Waals surface area (Å²) in [7, 11) is 0. The van der Waals surface area contributed by atoms with Crippen molar-refractivity contribution in [2.45, 2.75) is 49.6 Å². The van der Waals surface area contributed by atoms with Gasteiger partial charge in [-0.25, -0.2) is 14.4 Å². The minimum absolute atomic E-state index is 0.164. The third-order valence-electron chi connectivity index (χ3n) is 6.04. The first-order valence-electron chi connectivity index (χ1n) is 11.8. The summed E-state index contributed by atoms with van der Waals surface area (Å²) in [5, 5.41) is 68.1. The fourth-order valence-electron chi connectivity index (χ4n) is 4.02. The van der Waals surface area contributed by atoms with E-state index in [9.17, 15) is 50.1 Å². The number of ether oxygens (including phenoxy) is 2. The van der Waals surface area contributed by atoms with E-state index in [1.807, 2.05) is 0 Å². The Hall–Kier alpha value is -4.55. The predicted molar refractivity (Wildman–Crippen MR) is 133 cm³/mol. The lowest BCUT2D eigenvalue weighted by Gasteiger charge is -2.40. The van der Waals surface area contributed by atoms with Gasteiger partial charge in [-0.3, -0.25) is 0 Å². The molecule has 12 nitrogen and oxygen atoms in total. The highest BCUT2D eigenvalue weighted by molar-refractivity contribution is 5.83. The number of carbonyl (C=O) groups excluding carboxylic acids is 2. The summed E-state index contributed by atoms with van der Waals surface area (Å²) in [5.74, 6) is -4.83. The molecule has 2 aromatic rings. The largest absolute Gasteiger partial charge is 0.504 e. The number of aliphatic hydroxyl groups excluding tert-OH is 1. The Morgan fingerprint density at radius 3 is 1.74 bits per heavy atom. The topological polar surface area (TPSA) is 211 Å². The lowest BCUT2D eigenvalue weighted by Crippen LogP contribution is -2.58. The molecule has 4 atom stereocenters. The van der Waals surface area contributed by atoms with Crippen molar-refractivity contribution in [3.05, 3.63) is 71.8 Å². The average Bonchev–Trinajstić information content (AvgIpc) is 2.85. The van der Waals surface area contributed by atoms with E-state index in [-0.39, 0.29) is 35.8 Å². The first-order chi connectivity index (χ1) is 18.4. The number of hydrogen-bond acceptors (Lipinski definition) is 11. The van der Waals surface area contributed by atoms with E-state index >= 15 is 0 Å². The predicted octanol–water partition coefficient (Wildman–Crippen LogP) is 1.20. The molecule has 12 heteroatoms. The number of aliphatic hydroxyl groups is 2. The molecule has 0 bridgehead atoms. The second-order valence-electron chi connectivity index (χ2n) is 9.05. The van der Waals surface area contributed by atoms with Gasteiger partial charge < -0.3 is 45.2 Å². The molecule has 39 heavy (non-hydrogen) atoms. The summed E-state index contributed by atoms with van der Waals surface area (Å²) >= 11 is 0. The minimum atomic E-state index is -2.43. The second kappa shape index (κ2) is 12.3. The van der Waals surface area contributed by atoms with Crippen molar-refractivity contribution in [1.29, 1.82) is 0 Å². The van der Waals surface area contributed by atoms with Crippen LogP contribution in [-0.4, -0.2) is 77.6 Å². The zero-order valence-electron chi connectivity index (χ0n) is 20.5. The highest BCUT2D eigenvalue weighted by Gasteiger charge is 2.52. The van der Waals surface area contributed by atoms with Gasteiger partial charge in [-0.15, -0.1) is 0 Å². The number of phenolic OH excluding ortho intramolecular Hbond substituents is 4. The molecule has 3 rings (SSSR count). The van der Waals surface area contributed by atoms with Crippen LogP contribution in [0, 0.1) is 0 Å². The number of rotatable bonds is 9. The van der Waals surface area contributed by atoms with Gasteiger partial charge in [-0.2, -0.15) is 0 Å². The maximum absolute atomic E-state index is 12.4. The average molecular weight is 545 g/mol. The molecule has 1 aliphatic carbocycles. The molecule has 0 amide bonds. The molecule has 0 saturated heterocycles. The van der Waals surface area contributed by atoms with Gasteiger partial charge >= 0.3 is 17.9 Å². The van der Waals surface area contributed by atoms with Crippen molar-refractivity contribution >= 4 is 17.9 Å². The van der Waals surface area contributed by atoms with Crippen LogP contribution in [0.4, 0.5) is 0 Å². The molecular weight excluding hydrogens is 516 g/mol. The molecule has 7 N–H and O–H groups in total. The molecule has 0 aromatic heterocycles. The fraction of sp³-hybridized carbons (Fsp3) is 0.296. The number of allylic oxidation sites excluding steroid dienone is 2. The van der Waals surface area contributed by atoms with E-state index in [0.717, 1.165) is 12.2 Å². The van der Waals surface area contributed by atoms with Crippen LogP contribution >= 0.6 is 0 Å². The van der Waals surface area contributed by atoms with Crippen molar-refractivity contribution in [2.24, 2.45) is 0 Å². The van der Waals surface area contributed by atoms with Crippen LogP contribution < -0.4 is 0 Å². The van der Waals surface area contributed by atoms with Crippen molar-refractivity contribution in [2.75, 3.05) is 0 Å². The monoisotopic (exact) mass is 544 g/mol. The molecular formula is C27H28O12. The van der Waals surface area contributed by atoms with Gasteiger partial charge in [0.2, 0.25) is 0 Å². The Balaban J connectivity index is 1.66. The van der Waals surface area contributed by atoms with E-state index in [0.29, 0.717) is 11.1 Å². The molecule has 208 valence electrons. The zero-order chi connectivity index (χ0) is 28.7. The molecule has 1 aliphatic rings. The summed E-state index contributed by atoms with van der Waals surface area (Å²) in [6.07, 6.45) is -0.839. The molecule has 0 aliphatic heterocycles. The maximum atomic E-state index is 12.4. The van der Waals surface area contributed by atoms with Crippen LogP contribution in [0.3, 0.4) is 0 Å². The first kappa shape index (κ1) is 29.0. The molecule has 2 aromatic carbocycles. The summed E-state index contributed by atoms with van der Waals surface area (Å²) in [4.78, 5) is 36.4. The number of carbonyl (C=O) groups is 3. The lowest BCUT2D eigenvalue weighted by atomic mass is 9.79. The number of carboxylic acid groups (broad SMARTS) is 1. The van der Waals surface area contributed by atoms with Crippen molar-refractivity contribution in [1.82, 2.24) is 0 Å². The normalized spacial score (nSPS) is 23.1. The highest BCUT2D eigenvalue weighted by Crippen LogP contribution is 2.33. The third kappa shape index (κ3) is 7.72. The summed E-state index contributed by atoms with van der Waals surface area (Å²) in [6, 6.07) is 8.19. The SMILES string of the molecule is O=C(/C=C/Cc1ccc(O)c(O)c1)O[C@@H]1[C@H](O)C[C@@](O)(C(=O)O)C[C@H]1OC(=O)/C=C/Cc1ccc(O)c(O)c1. The Labute approximate surface area is 222 Å². The molecule has 0 spiro atoms. The van der Waals surface area contributed by atoms with Crippen LogP contribution in [-0.2, 0) is 36.7 Å². The van der Waals surface area contributed by atoms with Crippen LogP contribution in [0.5, 0.6) is 23.0 Å². The Morgan fingerprint density at radius 2 is 1.28 bits per heavy atom. The van der Waals surface area contributed by atoms with Crippen molar-refractivity contribution in [3.63, 3.8) is 0 Å². The fourth-order valence-corrected chi connectivity index (χ4v) is 4.02. The quantitative estimate of drug-likeness (QED) is 0.135. The molecule has 0 heterocycles. The molecule has 0 radical (unpaired) electrons. The molecule has 0 unspecified atom stereocenters. The van der Waals surface area contributed by atoms with Gasteiger partial charge in [0.1, 0.15) is 6.10 Å². The maximum Gasteiger partial charge on any atom is 0.335 e. The van der Waals surface area contributed by atoms with Crippen LogP contribution in [0.25, 0.3) is 0 Å². The number of hydrogen-bond donors (Lipinski definition) is 7. The number of aliphatic carboxylic acids is 1. The molecule has 1 saturated carbocycles. The standard InChI is InChI=1S/C27H28O12/c28-17-9-7-15(11-19(17)30)3-1-5-23(33)38-22-14-27(37,26(35)36)13-21(32)25(22)39-24(34)6-2-4-16-8-10-18(29)20(31)12-16/h1-2,5-12,21-22,25,28-32,37H,3-4,13-14H2,(H,35,36)/b5-1+,6-2+/t21-,22-,25-,27+/m1/s1. The van der Waals surface area contributed by atoms with Gasteiger partial charge in [0.25, 0.3) is 0 Å². The van der Waals surface area contributed by atoms with E-state index < -0.39 is 54.7 Å². The zero-order valence-corrected chi connectivity index (χ0v) is 20.5. The molecule has 1 fully saturated rings. The van der Waals surface area contributed by atoms with Crippen LogP contribution in [0.2, 0.25) is 0 Å². The van der Waals surface area contributed by atoms with Gasteiger partial charge in [-0.1, -0.05) is 24.3 Å². The Bertz CT molecular complexity index is 1280. The van der Waals surface area contributed by atoms with E-state index in [1.165, 1.54) is 48.6 Å². The van der Waals surface area contributed by atoms with Gasteiger partial charge in [0, 0.05) is 25.0 Å². The van der Waals surface area contributed by atoms with Gasteiger partial charge in [0.15, 0.2) is 34.7 Å². The van der Waals surface area contributed by atoms with E-state index in [2.05, 4.69) is 0 Å². The first-order valence-corrected chi connectivity index (χ1v) is 11.8. The number of aromatic hydroxyl groups is 4. The minimum Gasteiger partial charge on any atom is -0.504 e. The smallest absolute Gasteiger partial charge is 0.335 e.